The van der Waals surface area contributed by atoms with Crippen molar-refractivity contribution in [2.75, 3.05) is 18.8 Å². The first-order chi connectivity index (χ1) is 9.71. The Labute approximate surface area is 127 Å². The minimum atomic E-state index is -3.46. The van der Waals surface area contributed by atoms with E-state index in [2.05, 4.69) is 25.8 Å². The van der Waals surface area contributed by atoms with Crippen LogP contribution in [-0.2, 0) is 10.0 Å². The number of sulfonamides is 1. The van der Waals surface area contributed by atoms with Gasteiger partial charge < -0.3 is 5.73 Å². The fraction of sp³-hybridized carbons (Fsp3) is 0.667. The Morgan fingerprint density at radius 1 is 1.24 bits per heavy atom. The molecule has 0 spiro atoms. The molecule has 0 radical (unpaired) electrons. The summed E-state index contributed by atoms with van der Waals surface area (Å²) in [5.41, 5.74) is 5.74. The molecular weight excluding hydrogens is 286 g/mol. The van der Waals surface area contributed by atoms with Crippen molar-refractivity contribution in [1.29, 1.82) is 0 Å². The van der Waals surface area contributed by atoms with E-state index < -0.39 is 10.0 Å². The number of nitrogens with zero attached hydrogens (tertiary/aromatic N) is 2. The van der Waals surface area contributed by atoms with Crippen molar-refractivity contribution in [3.63, 3.8) is 0 Å². The maximum absolute atomic E-state index is 12.7. The maximum atomic E-state index is 12.7. The molecule has 1 saturated heterocycles. The van der Waals surface area contributed by atoms with Crippen molar-refractivity contribution in [3.05, 3.63) is 18.3 Å². The van der Waals surface area contributed by atoms with Gasteiger partial charge in [-0.25, -0.2) is 13.4 Å². The molecule has 1 atom stereocenters. The van der Waals surface area contributed by atoms with Crippen molar-refractivity contribution in [2.24, 2.45) is 11.3 Å². The molecule has 2 N–H and O–H groups in total. The van der Waals surface area contributed by atoms with Gasteiger partial charge in [-0.1, -0.05) is 20.8 Å². The lowest BCUT2D eigenvalue weighted by Crippen LogP contribution is -2.32. The van der Waals surface area contributed by atoms with E-state index in [0.29, 0.717) is 24.8 Å². The number of hydrogen-bond acceptors (Lipinski definition) is 4. The molecule has 0 aliphatic carbocycles. The molecule has 0 saturated carbocycles. The van der Waals surface area contributed by atoms with Crippen molar-refractivity contribution >= 4 is 15.8 Å². The van der Waals surface area contributed by atoms with Gasteiger partial charge >= 0.3 is 0 Å². The number of aromatic nitrogens is 1. The summed E-state index contributed by atoms with van der Waals surface area (Å²) in [5.74, 6) is 0.889. The van der Waals surface area contributed by atoms with E-state index in [1.54, 1.807) is 4.31 Å². The highest BCUT2D eigenvalue weighted by atomic mass is 32.2. The molecule has 1 fully saturated rings. The molecule has 1 aromatic heterocycles. The van der Waals surface area contributed by atoms with E-state index >= 15 is 0 Å². The van der Waals surface area contributed by atoms with Gasteiger partial charge in [0.05, 0.1) is 0 Å². The van der Waals surface area contributed by atoms with Gasteiger partial charge in [0.25, 0.3) is 0 Å². The molecule has 1 aliphatic rings. The van der Waals surface area contributed by atoms with Crippen LogP contribution in [0.3, 0.4) is 0 Å². The molecule has 0 aromatic carbocycles. The van der Waals surface area contributed by atoms with E-state index in [0.717, 1.165) is 19.3 Å². The lowest BCUT2D eigenvalue weighted by molar-refractivity contribution is 0.217. The number of rotatable bonds is 2. The third-order valence-corrected chi connectivity index (χ3v) is 6.19. The number of anilines is 1. The fourth-order valence-corrected chi connectivity index (χ4v) is 4.31. The van der Waals surface area contributed by atoms with Gasteiger partial charge in [0, 0.05) is 19.3 Å². The summed E-state index contributed by atoms with van der Waals surface area (Å²) in [5, 5.41) is 0. The Morgan fingerprint density at radius 3 is 2.52 bits per heavy atom. The van der Waals surface area contributed by atoms with Crippen LogP contribution in [0.1, 0.15) is 40.0 Å². The summed E-state index contributed by atoms with van der Waals surface area (Å²) in [6, 6.07) is 3.06. The van der Waals surface area contributed by atoms with Crippen molar-refractivity contribution in [3.8, 4) is 0 Å². The Bertz CT molecular complexity index is 576. The Morgan fingerprint density at radius 2 is 1.95 bits per heavy atom. The van der Waals surface area contributed by atoms with Crippen LogP contribution in [0.25, 0.3) is 0 Å². The molecule has 0 amide bonds. The quantitative estimate of drug-likeness (QED) is 0.910. The molecule has 0 bridgehead atoms. The van der Waals surface area contributed by atoms with Crippen LogP contribution in [0.5, 0.6) is 0 Å². The van der Waals surface area contributed by atoms with E-state index in [1.165, 1.54) is 18.3 Å². The number of hydrogen-bond donors (Lipinski definition) is 1. The van der Waals surface area contributed by atoms with Crippen molar-refractivity contribution in [2.45, 2.75) is 44.9 Å². The second-order valence-electron chi connectivity index (χ2n) is 6.82. The topological polar surface area (TPSA) is 76.3 Å². The number of nitrogens with two attached hydrogens (primary N) is 1. The summed E-state index contributed by atoms with van der Waals surface area (Å²) in [6.45, 7) is 7.84. The minimum absolute atomic E-state index is 0.225. The molecule has 1 unspecified atom stereocenters. The predicted octanol–water partition coefficient (Wildman–Crippen LogP) is 2.50. The molecule has 6 heteroatoms. The van der Waals surface area contributed by atoms with Gasteiger partial charge in [0.15, 0.2) is 0 Å². The van der Waals surface area contributed by atoms with E-state index in [1.807, 2.05) is 0 Å². The molecule has 1 aliphatic heterocycles. The molecule has 5 nitrogen and oxygen atoms in total. The third-order valence-electron chi connectivity index (χ3n) is 4.31. The first-order valence-corrected chi connectivity index (χ1v) is 8.87. The minimum Gasteiger partial charge on any atom is -0.384 e. The monoisotopic (exact) mass is 311 g/mol. The van der Waals surface area contributed by atoms with Crippen LogP contribution in [0.15, 0.2) is 23.2 Å². The van der Waals surface area contributed by atoms with Crippen LogP contribution in [0.2, 0.25) is 0 Å². The average molecular weight is 311 g/mol. The van der Waals surface area contributed by atoms with Gasteiger partial charge in [-0.3, -0.25) is 0 Å². The molecule has 1 aromatic rings. The third kappa shape index (κ3) is 3.74. The van der Waals surface area contributed by atoms with Crippen molar-refractivity contribution < 1.29 is 8.42 Å². The Balaban J connectivity index is 2.16. The first-order valence-electron chi connectivity index (χ1n) is 7.43. The summed E-state index contributed by atoms with van der Waals surface area (Å²) in [6.07, 6.45) is 4.24. The smallest absolute Gasteiger partial charge is 0.244 e. The average Bonchev–Trinajstić information content (AvgIpc) is 2.64. The largest absolute Gasteiger partial charge is 0.384 e. The molecule has 2 rings (SSSR count). The fourth-order valence-electron chi connectivity index (χ4n) is 2.87. The highest BCUT2D eigenvalue weighted by Crippen LogP contribution is 2.35. The molecule has 118 valence electrons. The summed E-state index contributed by atoms with van der Waals surface area (Å²) in [7, 11) is -3.46. The summed E-state index contributed by atoms with van der Waals surface area (Å²) >= 11 is 0. The molecule has 21 heavy (non-hydrogen) atoms. The number of nitrogen functional groups attached to an aromatic ring is 1. The van der Waals surface area contributed by atoms with E-state index in [9.17, 15) is 8.42 Å². The van der Waals surface area contributed by atoms with Gasteiger partial charge in [0.2, 0.25) is 10.0 Å². The highest BCUT2D eigenvalue weighted by Gasteiger charge is 2.31. The second-order valence-corrected chi connectivity index (χ2v) is 8.75. The summed E-state index contributed by atoms with van der Waals surface area (Å²) < 4.78 is 26.9. The van der Waals surface area contributed by atoms with Crippen LogP contribution in [0.4, 0.5) is 5.82 Å². The molecular formula is C15H25N3O2S. The lowest BCUT2D eigenvalue weighted by Gasteiger charge is -2.29. The Kier molecular flexibility index (Phi) is 4.58. The zero-order valence-corrected chi connectivity index (χ0v) is 13.9. The van der Waals surface area contributed by atoms with Gasteiger partial charge in [-0.2, -0.15) is 4.31 Å². The van der Waals surface area contributed by atoms with Crippen LogP contribution in [-0.4, -0.2) is 30.8 Å². The van der Waals surface area contributed by atoms with Gasteiger partial charge in [-0.05, 0) is 42.7 Å². The highest BCUT2D eigenvalue weighted by molar-refractivity contribution is 7.89. The second kappa shape index (κ2) is 5.93. The normalized spacial score (nSPS) is 22.0. The SMILES string of the molecule is CC(C)(C)C1CCCN(S(=O)(=O)c2ccc(N)nc2)CC1. The summed E-state index contributed by atoms with van der Waals surface area (Å²) in [4.78, 5) is 4.12. The lowest BCUT2D eigenvalue weighted by atomic mass is 9.77. The van der Waals surface area contributed by atoms with Crippen molar-refractivity contribution in [1.82, 2.24) is 9.29 Å². The van der Waals surface area contributed by atoms with Crippen LogP contribution >= 0.6 is 0 Å². The maximum Gasteiger partial charge on any atom is 0.244 e. The zero-order chi connectivity index (χ0) is 15.7. The van der Waals surface area contributed by atoms with E-state index in [4.69, 9.17) is 5.73 Å². The predicted molar refractivity (Wildman–Crippen MR) is 84.2 cm³/mol. The van der Waals surface area contributed by atoms with Crippen LogP contribution in [0, 0.1) is 11.3 Å². The standard InChI is InChI=1S/C15H25N3O2S/c1-15(2,3)12-5-4-9-18(10-8-12)21(19,20)13-6-7-14(16)17-11-13/h6-7,11-12H,4-5,8-10H2,1-3H3,(H2,16,17). The van der Waals surface area contributed by atoms with Gasteiger partial charge in [0.1, 0.15) is 10.7 Å². The zero-order valence-electron chi connectivity index (χ0n) is 13.0. The van der Waals surface area contributed by atoms with Crippen LogP contribution < -0.4 is 5.73 Å². The first kappa shape index (κ1) is 16.2. The Hall–Kier alpha value is -1.14. The van der Waals surface area contributed by atoms with Gasteiger partial charge in [-0.15, -0.1) is 0 Å². The van der Waals surface area contributed by atoms with E-state index in [-0.39, 0.29) is 10.3 Å². The number of pyridine rings is 1. The molecule has 2 heterocycles.